The van der Waals surface area contributed by atoms with Crippen molar-refractivity contribution in [1.82, 2.24) is 4.57 Å². The molecular weight excluding hydrogens is 266 g/mol. The van der Waals surface area contributed by atoms with E-state index in [0.29, 0.717) is 21.7 Å². The predicted molar refractivity (Wildman–Crippen MR) is 71.7 cm³/mol. The molecule has 0 N–H and O–H groups in total. The Balaban J connectivity index is 2.25. The summed E-state index contributed by atoms with van der Waals surface area (Å²) in [7, 11) is 0. The van der Waals surface area contributed by atoms with Crippen LogP contribution < -0.4 is 5.76 Å². The number of nitrogens with zero attached hydrogens (tertiary/aromatic N) is 1. The Morgan fingerprint density at radius 2 is 1.84 bits per heavy atom. The summed E-state index contributed by atoms with van der Waals surface area (Å²) >= 11 is 5.88. The summed E-state index contributed by atoms with van der Waals surface area (Å²) in [6, 6.07) is 13.2. The van der Waals surface area contributed by atoms with Gasteiger partial charge in [0.1, 0.15) is 0 Å². The second kappa shape index (κ2) is 4.40. The largest absolute Gasteiger partial charge is 0.427 e. The summed E-state index contributed by atoms with van der Waals surface area (Å²) in [6.45, 7) is 0. The summed E-state index contributed by atoms with van der Waals surface area (Å²) in [6.07, 6.45) is 0. The Morgan fingerprint density at radius 1 is 1.11 bits per heavy atom. The highest BCUT2D eigenvalue weighted by atomic mass is 35.5. The van der Waals surface area contributed by atoms with Crippen molar-refractivity contribution >= 4 is 28.6 Å². The average Bonchev–Trinajstić information content (AvgIpc) is 2.74. The highest BCUT2D eigenvalue weighted by molar-refractivity contribution is 6.31. The van der Waals surface area contributed by atoms with Gasteiger partial charge in [-0.25, -0.2) is 9.36 Å². The second-order valence-corrected chi connectivity index (χ2v) is 4.42. The number of halogens is 1. The van der Waals surface area contributed by atoms with E-state index in [-0.39, 0.29) is 0 Å². The van der Waals surface area contributed by atoms with E-state index in [1.165, 1.54) is 6.07 Å². The number of carbonyl (C=O) groups excluding carboxylic acids is 1. The number of oxazole rings is 1. The number of hydrogen-bond acceptors (Lipinski definition) is 3. The summed E-state index contributed by atoms with van der Waals surface area (Å²) in [5.41, 5.74) is 1.11. The smallest absolute Gasteiger partial charge is 0.407 e. The van der Waals surface area contributed by atoms with Gasteiger partial charge in [-0.05, 0) is 30.3 Å². The summed E-state index contributed by atoms with van der Waals surface area (Å²) in [5.74, 6) is -1.15. The van der Waals surface area contributed by atoms with Crippen LogP contribution in [-0.2, 0) is 0 Å². The first kappa shape index (κ1) is 11.7. The first-order valence-electron chi connectivity index (χ1n) is 5.58. The fourth-order valence-electron chi connectivity index (χ4n) is 1.89. The number of fused-ring (bicyclic) bond motifs is 1. The lowest BCUT2D eigenvalue weighted by Crippen LogP contribution is -2.23. The molecule has 5 heteroatoms. The zero-order valence-electron chi connectivity index (χ0n) is 9.67. The average molecular weight is 274 g/mol. The minimum absolute atomic E-state index is 0.332. The molecule has 2 aromatic carbocycles. The SMILES string of the molecule is O=C(c1ccccc1)n1c(=O)oc2ccc(Cl)cc21. The van der Waals surface area contributed by atoms with Gasteiger partial charge in [-0.3, -0.25) is 4.79 Å². The molecule has 19 heavy (non-hydrogen) atoms. The van der Waals surface area contributed by atoms with Gasteiger partial charge in [0.2, 0.25) is 0 Å². The normalized spacial score (nSPS) is 10.8. The fourth-order valence-corrected chi connectivity index (χ4v) is 2.06. The van der Waals surface area contributed by atoms with Gasteiger partial charge in [0, 0.05) is 10.6 Å². The molecule has 3 aromatic rings. The van der Waals surface area contributed by atoms with E-state index in [1.807, 2.05) is 0 Å². The molecule has 1 heterocycles. The maximum absolute atomic E-state index is 12.3. The molecule has 0 unspecified atom stereocenters. The minimum atomic E-state index is -0.717. The van der Waals surface area contributed by atoms with Crippen LogP contribution in [0.4, 0.5) is 0 Å². The van der Waals surface area contributed by atoms with E-state index in [0.717, 1.165) is 4.57 Å². The molecular formula is C14H8ClNO3. The van der Waals surface area contributed by atoms with Gasteiger partial charge in [-0.15, -0.1) is 0 Å². The van der Waals surface area contributed by atoms with Crippen LogP contribution >= 0.6 is 11.6 Å². The first-order chi connectivity index (χ1) is 9.16. The Labute approximate surface area is 112 Å². The molecule has 0 amide bonds. The Hall–Kier alpha value is -2.33. The van der Waals surface area contributed by atoms with Gasteiger partial charge in [0.15, 0.2) is 5.58 Å². The van der Waals surface area contributed by atoms with E-state index in [9.17, 15) is 9.59 Å². The summed E-state index contributed by atoms with van der Waals surface area (Å²) < 4.78 is 6.01. The quantitative estimate of drug-likeness (QED) is 0.685. The van der Waals surface area contributed by atoms with Crippen LogP contribution in [0.15, 0.2) is 57.7 Å². The van der Waals surface area contributed by atoms with E-state index in [4.69, 9.17) is 16.0 Å². The lowest BCUT2D eigenvalue weighted by atomic mass is 10.2. The molecule has 0 aliphatic carbocycles. The number of carbonyl (C=O) groups is 1. The summed E-state index contributed by atoms with van der Waals surface area (Å²) in [5, 5.41) is 0.433. The number of aromatic nitrogens is 1. The van der Waals surface area contributed by atoms with Gasteiger partial charge in [-0.1, -0.05) is 29.8 Å². The van der Waals surface area contributed by atoms with Crippen molar-refractivity contribution in [3.63, 3.8) is 0 Å². The molecule has 0 aliphatic rings. The topological polar surface area (TPSA) is 52.2 Å². The van der Waals surface area contributed by atoms with Crippen molar-refractivity contribution in [2.45, 2.75) is 0 Å². The minimum Gasteiger partial charge on any atom is -0.407 e. The van der Waals surface area contributed by atoms with E-state index < -0.39 is 11.7 Å². The molecule has 0 spiro atoms. The van der Waals surface area contributed by atoms with Crippen LogP contribution in [-0.4, -0.2) is 10.5 Å². The highest BCUT2D eigenvalue weighted by Crippen LogP contribution is 2.19. The van der Waals surface area contributed by atoms with Gasteiger partial charge in [-0.2, -0.15) is 0 Å². The Morgan fingerprint density at radius 3 is 2.58 bits per heavy atom. The molecule has 0 saturated carbocycles. The Kier molecular flexibility index (Phi) is 2.72. The van der Waals surface area contributed by atoms with Crippen molar-refractivity contribution in [2.24, 2.45) is 0 Å². The van der Waals surface area contributed by atoms with Crippen molar-refractivity contribution in [1.29, 1.82) is 0 Å². The van der Waals surface area contributed by atoms with Crippen molar-refractivity contribution < 1.29 is 9.21 Å². The first-order valence-corrected chi connectivity index (χ1v) is 5.95. The third-order valence-corrected chi connectivity index (χ3v) is 3.00. The molecule has 0 aliphatic heterocycles. The molecule has 3 rings (SSSR count). The van der Waals surface area contributed by atoms with Crippen LogP contribution in [0.5, 0.6) is 0 Å². The van der Waals surface area contributed by atoms with E-state index >= 15 is 0 Å². The maximum atomic E-state index is 12.3. The lowest BCUT2D eigenvalue weighted by molar-refractivity contribution is 0.0956. The van der Waals surface area contributed by atoms with Crippen LogP contribution in [0.3, 0.4) is 0 Å². The molecule has 0 bridgehead atoms. The molecule has 4 nitrogen and oxygen atoms in total. The zero-order chi connectivity index (χ0) is 13.4. The van der Waals surface area contributed by atoms with Crippen LogP contribution in [0, 0.1) is 0 Å². The standard InChI is InChI=1S/C14H8ClNO3/c15-10-6-7-12-11(8-10)16(14(18)19-12)13(17)9-4-2-1-3-5-9/h1-8H. The monoisotopic (exact) mass is 273 g/mol. The number of benzene rings is 2. The molecule has 0 radical (unpaired) electrons. The maximum Gasteiger partial charge on any atom is 0.427 e. The fraction of sp³-hybridized carbons (Fsp3) is 0. The molecule has 0 atom stereocenters. The van der Waals surface area contributed by atoms with Gasteiger partial charge in [0.05, 0.1) is 5.52 Å². The van der Waals surface area contributed by atoms with Gasteiger partial charge in [0.25, 0.3) is 5.91 Å². The van der Waals surface area contributed by atoms with Crippen LogP contribution in [0.25, 0.3) is 11.1 Å². The molecule has 0 saturated heterocycles. The molecule has 0 fully saturated rings. The third kappa shape index (κ3) is 1.96. The van der Waals surface area contributed by atoms with Gasteiger partial charge < -0.3 is 4.42 Å². The lowest BCUT2D eigenvalue weighted by Gasteiger charge is -2.00. The second-order valence-electron chi connectivity index (χ2n) is 3.99. The van der Waals surface area contributed by atoms with E-state index in [2.05, 4.69) is 0 Å². The van der Waals surface area contributed by atoms with Crippen molar-refractivity contribution in [3.8, 4) is 0 Å². The molecule has 1 aromatic heterocycles. The predicted octanol–water partition coefficient (Wildman–Crippen LogP) is 2.94. The number of hydrogen-bond donors (Lipinski definition) is 0. The molecule has 94 valence electrons. The highest BCUT2D eigenvalue weighted by Gasteiger charge is 2.17. The Bertz CT molecular complexity index is 818. The van der Waals surface area contributed by atoms with Crippen molar-refractivity contribution in [2.75, 3.05) is 0 Å². The zero-order valence-corrected chi connectivity index (χ0v) is 10.4. The van der Waals surface area contributed by atoms with Gasteiger partial charge >= 0.3 is 5.76 Å². The van der Waals surface area contributed by atoms with E-state index in [1.54, 1.807) is 42.5 Å². The van der Waals surface area contributed by atoms with Crippen LogP contribution in [0.2, 0.25) is 5.02 Å². The third-order valence-electron chi connectivity index (χ3n) is 2.77. The van der Waals surface area contributed by atoms with Crippen LogP contribution in [0.1, 0.15) is 10.4 Å². The number of rotatable bonds is 1. The van der Waals surface area contributed by atoms with Crippen molar-refractivity contribution in [3.05, 3.63) is 69.7 Å². The summed E-state index contributed by atoms with van der Waals surface area (Å²) in [4.78, 5) is 24.1.